The smallest absolute Gasteiger partial charge is 0.269 e. The van der Waals surface area contributed by atoms with Crippen LogP contribution < -0.4 is 25.1 Å². The third-order valence-electron chi connectivity index (χ3n) is 4.05. The van der Waals surface area contributed by atoms with Crippen LogP contribution in [0.1, 0.15) is 50.4 Å². The lowest BCUT2D eigenvalue weighted by Crippen LogP contribution is -2.42. The molecule has 148 valence electrons. The van der Waals surface area contributed by atoms with Crippen molar-refractivity contribution in [3.63, 3.8) is 0 Å². The summed E-state index contributed by atoms with van der Waals surface area (Å²) in [7, 11) is 0. The highest BCUT2D eigenvalue weighted by atomic mass is 16.5. The first-order valence-electron chi connectivity index (χ1n) is 9.41. The van der Waals surface area contributed by atoms with E-state index in [1.165, 1.54) is 0 Å². The molecule has 2 N–H and O–H groups in total. The van der Waals surface area contributed by atoms with E-state index in [2.05, 4.69) is 16.9 Å². The Morgan fingerprint density at radius 1 is 1.00 bits per heavy atom. The van der Waals surface area contributed by atoms with Gasteiger partial charge in [-0.3, -0.25) is 20.4 Å². The number of allylic oxidation sites excluding steroid dienone is 2. The number of hydrogen-bond donors (Lipinski definition) is 2. The largest absolute Gasteiger partial charge is 0.490 e. The second-order valence-electron chi connectivity index (χ2n) is 6.07. The predicted octanol–water partition coefficient (Wildman–Crippen LogP) is 3.00. The molecule has 2 amide bonds. The summed E-state index contributed by atoms with van der Waals surface area (Å²) in [4.78, 5) is 24.5. The first-order valence-corrected chi connectivity index (χ1v) is 9.41. The monoisotopic (exact) mass is 376 g/mol. The van der Waals surface area contributed by atoms with Crippen LogP contribution >= 0.6 is 0 Å². The van der Waals surface area contributed by atoms with Crippen LogP contribution in [0.3, 0.4) is 0 Å². The molecule has 2 rings (SSSR count). The zero-order valence-electron chi connectivity index (χ0n) is 16.2. The highest BCUT2D eigenvalue weighted by Gasteiger charge is 2.19. The fourth-order valence-corrected chi connectivity index (χ4v) is 2.87. The molecule has 0 radical (unpaired) electrons. The summed E-state index contributed by atoms with van der Waals surface area (Å²) < 4.78 is 16.8. The molecular formula is C20H28N2O5. The van der Waals surface area contributed by atoms with Crippen molar-refractivity contribution in [2.24, 2.45) is 5.92 Å². The molecule has 1 aromatic carbocycles. The molecule has 0 saturated heterocycles. The van der Waals surface area contributed by atoms with Crippen LogP contribution in [0.4, 0.5) is 0 Å². The number of ether oxygens (including phenoxy) is 3. The number of benzene rings is 1. The van der Waals surface area contributed by atoms with E-state index in [1.807, 2.05) is 26.8 Å². The van der Waals surface area contributed by atoms with Gasteiger partial charge in [0.15, 0.2) is 11.5 Å². The van der Waals surface area contributed by atoms with Crippen LogP contribution in [0.15, 0.2) is 24.3 Å². The number of carbonyl (C=O) groups excluding carboxylic acids is 2. The molecule has 1 aliphatic carbocycles. The molecule has 1 aromatic rings. The zero-order valence-corrected chi connectivity index (χ0v) is 16.2. The number of rotatable bonds is 9. The van der Waals surface area contributed by atoms with Crippen molar-refractivity contribution in [3.8, 4) is 17.2 Å². The van der Waals surface area contributed by atoms with Gasteiger partial charge < -0.3 is 14.2 Å². The maximum absolute atomic E-state index is 12.5. The molecular weight excluding hydrogens is 348 g/mol. The Balaban J connectivity index is 2.09. The maximum Gasteiger partial charge on any atom is 0.269 e. The van der Waals surface area contributed by atoms with Crippen LogP contribution in [-0.4, -0.2) is 31.6 Å². The number of hydrogen-bond acceptors (Lipinski definition) is 5. The van der Waals surface area contributed by atoms with Crippen LogP contribution in [0.25, 0.3) is 0 Å². The maximum atomic E-state index is 12.5. The highest BCUT2D eigenvalue weighted by Crippen LogP contribution is 2.39. The summed E-state index contributed by atoms with van der Waals surface area (Å²) in [6.45, 7) is 6.84. The zero-order chi connectivity index (χ0) is 19.6. The van der Waals surface area contributed by atoms with Crippen LogP contribution in [-0.2, 0) is 4.79 Å². The van der Waals surface area contributed by atoms with Crippen molar-refractivity contribution in [2.45, 2.75) is 40.0 Å². The van der Waals surface area contributed by atoms with E-state index in [1.54, 1.807) is 12.1 Å². The first-order chi connectivity index (χ1) is 13.1. The van der Waals surface area contributed by atoms with Gasteiger partial charge in [0.1, 0.15) is 0 Å². The van der Waals surface area contributed by atoms with Crippen molar-refractivity contribution in [3.05, 3.63) is 29.8 Å². The summed E-state index contributed by atoms with van der Waals surface area (Å²) in [6.07, 6.45) is 6.43. The first kappa shape index (κ1) is 20.6. The summed E-state index contributed by atoms with van der Waals surface area (Å²) in [5.74, 6) is 0.892. The van der Waals surface area contributed by atoms with Gasteiger partial charge >= 0.3 is 0 Å². The van der Waals surface area contributed by atoms with Crippen LogP contribution in [0.5, 0.6) is 17.2 Å². The van der Waals surface area contributed by atoms with Gasteiger partial charge in [-0.1, -0.05) is 12.2 Å². The molecule has 1 unspecified atom stereocenters. The third kappa shape index (κ3) is 5.91. The standard InChI is InChI=1S/C20H28N2O5/c1-4-25-16-12-15(13-17(26-5-2)19(16)27-6-3)20(24)22-21-18(23)11-14-9-7-8-10-14/h7,9,12-14H,4-6,8,10-11H2,1-3H3,(H,21,23)(H,22,24). The van der Waals surface area contributed by atoms with Gasteiger partial charge in [0.05, 0.1) is 19.8 Å². The van der Waals surface area contributed by atoms with E-state index in [4.69, 9.17) is 14.2 Å². The molecule has 7 nitrogen and oxygen atoms in total. The Kier molecular flexibility index (Phi) is 7.98. The average molecular weight is 376 g/mol. The molecule has 0 spiro atoms. The van der Waals surface area contributed by atoms with Crippen molar-refractivity contribution < 1.29 is 23.8 Å². The van der Waals surface area contributed by atoms with E-state index >= 15 is 0 Å². The van der Waals surface area contributed by atoms with Gasteiger partial charge in [0, 0.05) is 12.0 Å². The van der Waals surface area contributed by atoms with Gasteiger partial charge in [0.2, 0.25) is 11.7 Å². The molecule has 0 bridgehead atoms. The van der Waals surface area contributed by atoms with Gasteiger partial charge in [-0.2, -0.15) is 0 Å². The van der Waals surface area contributed by atoms with Crippen molar-refractivity contribution >= 4 is 11.8 Å². The van der Waals surface area contributed by atoms with E-state index in [9.17, 15) is 9.59 Å². The quantitative estimate of drug-likeness (QED) is 0.511. The average Bonchev–Trinajstić information content (AvgIpc) is 3.15. The van der Waals surface area contributed by atoms with Gasteiger partial charge in [-0.15, -0.1) is 0 Å². The lowest BCUT2D eigenvalue weighted by atomic mass is 10.1. The predicted molar refractivity (Wildman–Crippen MR) is 102 cm³/mol. The summed E-state index contributed by atoms with van der Waals surface area (Å²) >= 11 is 0. The second kappa shape index (κ2) is 10.4. The summed E-state index contributed by atoms with van der Waals surface area (Å²) in [5, 5.41) is 0. The van der Waals surface area contributed by atoms with Crippen LogP contribution in [0.2, 0.25) is 0 Å². The van der Waals surface area contributed by atoms with E-state index < -0.39 is 5.91 Å². The van der Waals surface area contributed by atoms with Gasteiger partial charge in [-0.25, -0.2) is 0 Å². The molecule has 0 fully saturated rings. The van der Waals surface area contributed by atoms with Crippen molar-refractivity contribution in [2.75, 3.05) is 19.8 Å². The molecule has 0 heterocycles. The topological polar surface area (TPSA) is 85.9 Å². The molecule has 27 heavy (non-hydrogen) atoms. The number of nitrogens with one attached hydrogen (secondary N) is 2. The third-order valence-corrected chi connectivity index (χ3v) is 4.05. The number of carbonyl (C=O) groups is 2. The minimum Gasteiger partial charge on any atom is -0.490 e. The molecule has 0 saturated carbocycles. The Labute approximate surface area is 160 Å². The Morgan fingerprint density at radius 3 is 2.15 bits per heavy atom. The summed E-state index contributed by atoms with van der Waals surface area (Å²) in [5.41, 5.74) is 5.23. The fraction of sp³-hybridized carbons (Fsp3) is 0.500. The van der Waals surface area contributed by atoms with Crippen molar-refractivity contribution in [1.29, 1.82) is 0 Å². The number of amides is 2. The SMILES string of the molecule is CCOc1cc(C(=O)NNC(=O)CC2C=CCC2)cc(OCC)c1OCC. The van der Waals surface area contributed by atoms with E-state index in [-0.39, 0.29) is 11.8 Å². The molecule has 0 aliphatic heterocycles. The number of hydrazine groups is 1. The Morgan fingerprint density at radius 2 is 1.63 bits per heavy atom. The molecule has 0 aromatic heterocycles. The molecule has 1 atom stereocenters. The van der Waals surface area contributed by atoms with Gasteiger partial charge in [-0.05, 0) is 51.7 Å². The fourth-order valence-electron chi connectivity index (χ4n) is 2.87. The van der Waals surface area contributed by atoms with Crippen molar-refractivity contribution in [1.82, 2.24) is 10.9 Å². The highest BCUT2D eigenvalue weighted by molar-refractivity contribution is 5.96. The summed E-state index contributed by atoms with van der Waals surface area (Å²) in [6, 6.07) is 3.16. The van der Waals surface area contributed by atoms with Gasteiger partial charge in [0.25, 0.3) is 5.91 Å². The Bertz CT molecular complexity index is 660. The second-order valence-corrected chi connectivity index (χ2v) is 6.07. The normalized spacial score (nSPS) is 15.3. The van der Waals surface area contributed by atoms with E-state index in [0.29, 0.717) is 49.1 Å². The lowest BCUT2D eigenvalue weighted by Gasteiger charge is -2.17. The minimum absolute atomic E-state index is 0.221. The molecule has 1 aliphatic rings. The van der Waals surface area contributed by atoms with Crippen LogP contribution in [0, 0.1) is 5.92 Å². The Hall–Kier alpha value is -2.70. The molecule has 7 heteroatoms. The minimum atomic E-state index is -0.449. The lowest BCUT2D eigenvalue weighted by molar-refractivity contribution is -0.122. The van der Waals surface area contributed by atoms with E-state index in [0.717, 1.165) is 12.8 Å².